The second kappa shape index (κ2) is 10.3. The molecule has 188 valence electrons. The number of amides is 1. The highest BCUT2D eigenvalue weighted by molar-refractivity contribution is 7.90. The predicted octanol–water partition coefficient (Wildman–Crippen LogP) is 4.30. The average molecular weight is 519 g/mol. The Kier molecular flexibility index (Phi) is 7.41. The number of sulfonamides is 1. The van der Waals surface area contributed by atoms with Crippen LogP contribution in [0.2, 0.25) is 0 Å². The van der Waals surface area contributed by atoms with Crippen LogP contribution in [0.3, 0.4) is 0 Å². The molecule has 0 spiro atoms. The van der Waals surface area contributed by atoms with Crippen LogP contribution in [0.4, 0.5) is 10.6 Å². The van der Waals surface area contributed by atoms with E-state index in [0.717, 1.165) is 41.3 Å². The molecule has 2 aromatic rings. The van der Waals surface area contributed by atoms with Crippen LogP contribution in [-0.2, 0) is 10.0 Å². The van der Waals surface area contributed by atoms with Crippen molar-refractivity contribution in [3.63, 3.8) is 0 Å². The van der Waals surface area contributed by atoms with Gasteiger partial charge in [-0.2, -0.15) is 9.50 Å². The van der Waals surface area contributed by atoms with Crippen LogP contribution in [-0.4, -0.2) is 51.8 Å². The van der Waals surface area contributed by atoms with Gasteiger partial charge in [0.25, 0.3) is 10.0 Å². The number of allylic oxidation sites excluding steroid dienone is 3. The number of nitrogens with one attached hydrogen (secondary N) is 3. The molecule has 2 aliphatic carbocycles. The van der Waals surface area contributed by atoms with Gasteiger partial charge in [-0.1, -0.05) is 6.08 Å². The summed E-state index contributed by atoms with van der Waals surface area (Å²) in [5.74, 6) is 0.572. The number of anilines is 1. The van der Waals surface area contributed by atoms with Gasteiger partial charge in [-0.3, -0.25) is 5.10 Å². The maximum Gasteiger partial charge on any atom is 0.404 e. The highest BCUT2D eigenvalue weighted by Crippen LogP contribution is 2.38. The van der Waals surface area contributed by atoms with Crippen LogP contribution < -0.4 is 10.6 Å². The lowest BCUT2D eigenvalue weighted by Crippen LogP contribution is -2.36. The molecule has 0 saturated heterocycles. The van der Waals surface area contributed by atoms with Crippen molar-refractivity contribution in [1.82, 2.24) is 20.5 Å². The Morgan fingerprint density at radius 1 is 1.29 bits per heavy atom. The molecule has 0 aliphatic heterocycles. The minimum absolute atomic E-state index is 0.00763. The van der Waals surface area contributed by atoms with E-state index in [2.05, 4.69) is 30.2 Å². The average Bonchev–Trinajstić information content (AvgIpc) is 3.43. The molecule has 0 aromatic carbocycles. The number of hydrogen-bond acceptors (Lipinski definition) is 7. The summed E-state index contributed by atoms with van der Waals surface area (Å²) in [4.78, 5) is 16.7. The fourth-order valence-corrected chi connectivity index (χ4v) is 6.03. The van der Waals surface area contributed by atoms with Crippen molar-refractivity contribution in [2.45, 2.75) is 69.6 Å². The van der Waals surface area contributed by atoms with E-state index in [1.807, 2.05) is 31.3 Å². The lowest BCUT2D eigenvalue weighted by molar-refractivity contribution is 0.185. The molecule has 0 bridgehead atoms. The summed E-state index contributed by atoms with van der Waals surface area (Å²) in [6, 6.07) is 1.85. The molecule has 1 atom stereocenters. The van der Waals surface area contributed by atoms with E-state index in [4.69, 9.17) is 5.11 Å². The Morgan fingerprint density at radius 2 is 2.03 bits per heavy atom. The molecule has 4 N–H and O–H groups in total. The highest BCUT2D eigenvalue weighted by Gasteiger charge is 2.28. The van der Waals surface area contributed by atoms with E-state index in [9.17, 15) is 13.2 Å². The van der Waals surface area contributed by atoms with Crippen molar-refractivity contribution in [3.05, 3.63) is 51.8 Å². The number of rotatable bonds is 7. The number of carbonyl (C=O) groups is 1. The van der Waals surface area contributed by atoms with Gasteiger partial charge in [0.05, 0.1) is 16.9 Å². The first-order valence-electron chi connectivity index (χ1n) is 11.6. The minimum Gasteiger partial charge on any atom is -0.465 e. The molecule has 1 amide bonds. The molecule has 1 unspecified atom stereocenters. The van der Waals surface area contributed by atoms with E-state index in [1.165, 1.54) is 0 Å². The Hall–Kier alpha value is -2.99. The summed E-state index contributed by atoms with van der Waals surface area (Å²) < 4.78 is 29.5. The van der Waals surface area contributed by atoms with Crippen molar-refractivity contribution in [1.29, 1.82) is 0 Å². The number of nitrogens with zero attached hydrogens (tertiary/aromatic N) is 3. The fourth-order valence-electron chi connectivity index (χ4n) is 4.18. The maximum atomic E-state index is 12.7. The molecule has 4 rings (SSSR count). The monoisotopic (exact) mass is 518 g/mol. The van der Waals surface area contributed by atoms with Crippen LogP contribution >= 0.6 is 11.3 Å². The van der Waals surface area contributed by atoms with Crippen LogP contribution in [0.15, 0.2) is 40.6 Å². The number of hydrogen-bond donors (Lipinski definition) is 4. The van der Waals surface area contributed by atoms with Crippen molar-refractivity contribution in [2.24, 2.45) is 4.40 Å². The van der Waals surface area contributed by atoms with Crippen molar-refractivity contribution in [2.75, 3.05) is 5.32 Å². The molecule has 2 heterocycles. The van der Waals surface area contributed by atoms with Crippen molar-refractivity contribution >= 4 is 39.0 Å². The van der Waals surface area contributed by atoms with Gasteiger partial charge in [0.15, 0.2) is 5.82 Å². The molecule has 2 aliphatic rings. The molecule has 0 radical (unpaired) electrons. The van der Waals surface area contributed by atoms with E-state index in [0.29, 0.717) is 23.1 Å². The third-order valence-corrected chi connectivity index (χ3v) is 9.06. The van der Waals surface area contributed by atoms with Crippen molar-refractivity contribution in [3.8, 4) is 0 Å². The number of carboxylic acid groups (broad SMARTS) is 1. The zero-order valence-corrected chi connectivity index (χ0v) is 21.5. The molecule has 10 nitrogen and oxygen atoms in total. The van der Waals surface area contributed by atoms with Crippen LogP contribution in [0.25, 0.3) is 0 Å². The van der Waals surface area contributed by atoms with E-state index in [1.54, 1.807) is 31.3 Å². The zero-order chi connectivity index (χ0) is 25.2. The summed E-state index contributed by atoms with van der Waals surface area (Å²) in [7, 11) is -3.68. The van der Waals surface area contributed by atoms with Gasteiger partial charge in [-0.05, 0) is 64.5 Å². The summed E-state index contributed by atoms with van der Waals surface area (Å²) >= 11 is 1.57. The van der Waals surface area contributed by atoms with Gasteiger partial charge < -0.3 is 15.7 Å². The fraction of sp³-hybridized carbons (Fsp3) is 0.478. The molecule has 35 heavy (non-hydrogen) atoms. The lowest BCUT2D eigenvalue weighted by Gasteiger charge is -2.27. The number of H-pyrrole nitrogens is 1. The van der Waals surface area contributed by atoms with Crippen molar-refractivity contribution < 1.29 is 18.3 Å². The minimum atomic E-state index is -3.68. The molecule has 1 fully saturated rings. The Bertz CT molecular complexity index is 1270. The molecule has 12 heteroatoms. The first kappa shape index (κ1) is 25.1. The zero-order valence-electron chi connectivity index (χ0n) is 19.9. The Balaban J connectivity index is 1.55. The quantitative estimate of drug-likeness (QED) is 0.427. The van der Waals surface area contributed by atoms with Gasteiger partial charge >= 0.3 is 6.09 Å². The summed E-state index contributed by atoms with van der Waals surface area (Å²) in [6.07, 6.45) is 9.76. The Morgan fingerprint density at radius 3 is 2.66 bits per heavy atom. The summed E-state index contributed by atoms with van der Waals surface area (Å²) in [6.45, 7) is 5.12. The second-order valence-electron chi connectivity index (χ2n) is 9.18. The normalized spacial score (nSPS) is 23.9. The predicted molar refractivity (Wildman–Crippen MR) is 137 cm³/mol. The first-order valence-corrected chi connectivity index (χ1v) is 13.9. The molecule has 2 aromatic heterocycles. The van der Waals surface area contributed by atoms with Gasteiger partial charge in [-0.25, -0.2) is 18.2 Å². The smallest absolute Gasteiger partial charge is 0.404 e. The molecular weight excluding hydrogens is 488 g/mol. The summed E-state index contributed by atoms with van der Waals surface area (Å²) in [5, 5.41) is 21.9. The van der Waals surface area contributed by atoms with Crippen LogP contribution in [0, 0.1) is 6.92 Å². The number of aromatic nitrogens is 3. The third kappa shape index (κ3) is 6.17. The summed E-state index contributed by atoms with van der Waals surface area (Å²) in [5.41, 5.74) is 2.00. The van der Waals surface area contributed by atoms with E-state index >= 15 is 0 Å². The first-order chi connectivity index (χ1) is 16.6. The van der Waals surface area contributed by atoms with E-state index < -0.39 is 21.4 Å². The number of aryl methyl sites for hydroxylation is 1. The molecular formula is C23H30N6O4S2. The standard InChI is InChI=1S/C23H30N6O4S2/c1-13(2)35(32,33)29-19-11-17(25-21-10-14(3)27-28-21)8-9-18(19)22-24-12-20(34-22)15-4-6-16(7-5-15)26-23(30)31/h8-13,15-16,18,26H,4-7H2,1-3H3,(H,30,31)(H2,25,27,28). The van der Waals surface area contributed by atoms with Gasteiger partial charge in [0.1, 0.15) is 5.01 Å². The molecule has 1 saturated carbocycles. The van der Waals surface area contributed by atoms with Gasteiger partial charge in [-0.15, -0.1) is 11.3 Å². The third-order valence-electron chi connectivity index (χ3n) is 6.16. The Labute approximate surface area is 208 Å². The van der Waals surface area contributed by atoms with Gasteiger partial charge in [0, 0.05) is 34.6 Å². The second-order valence-corrected chi connectivity index (χ2v) is 12.4. The number of thiazole rings is 1. The lowest BCUT2D eigenvalue weighted by atomic mass is 9.85. The highest BCUT2D eigenvalue weighted by atomic mass is 32.2. The van der Waals surface area contributed by atoms with Crippen LogP contribution in [0.5, 0.6) is 0 Å². The van der Waals surface area contributed by atoms with Crippen LogP contribution in [0.1, 0.15) is 66.9 Å². The number of aromatic amines is 1. The SMILES string of the molecule is Cc1cc(NC2=CC(=NS(=O)(=O)C(C)C)C(c3ncc(C4CCC(NC(=O)O)CC4)s3)C=C2)n[nH]1. The van der Waals surface area contributed by atoms with E-state index in [-0.39, 0.29) is 12.0 Å². The topological polar surface area (TPSA) is 149 Å². The van der Waals surface area contributed by atoms with Gasteiger partial charge in [0.2, 0.25) is 0 Å². The largest absolute Gasteiger partial charge is 0.465 e. The maximum absolute atomic E-state index is 12.7.